The van der Waals surface area contributed by atoms with Crippen LogP contribution in [0.3, 0.4) is 0 Å². The van der Waals surface area contributed by atoms with Crippen LogP contribution in [0.25, 0.3) is 0 Å². The van der Waals surface area contributed by atoms with Crippen LogP contribution in [0.1, 0.15) is 26.9 Å². The molecule has 2 heterocycles. The van der Waals surface area contributed by atoms with Gasteiger partial charge in [-0.1, -0.05) is 42.5 Å². The maximum absolute atomic E-state index is 12.5. The van der Waals surface area contributed by atoms with Gasteiger partial charge in [0.15, 0.2) is 0 Å². The third-order valence-corrected chi connectivity index (χ3v) is 6.98. The molecule has 1 N–H and O–H groups in total. The van der Waals surface area contributed by atoms with Gasteiger partial charge in [-0.3, -0.25) is 14.5 Å². The van der Waals surface area contributed by atoms with Gasteiger partial charge in [-0.2, -0.15) is 0 Å². The number of carbonyl (C=O) groups is 2. The first-order valence-electron chi connectivity index (χ1n) is 10.8. The van der Waals surface area contributed by atoms with Gasteiger partial charge in [-0.25, -0.2) is 0 Å². The Morgan fingerprint density at radius 2 is 1.77 bits per heavy atom. The maximum Gasteiger partial charge on any atom is 0.251 e. The number of nitrogens with one attached hydrogen (secondary N) is 1. The molecule has 2 fully saturated rings. The Morgan fingerprint density at radius 1 is 1.03 bits per heavy atom. The van der Waals surface area contributed by atoms with Gasteiger partial charge in [0.2, 0.25) is 5.91 Å². The minimum atomic E-state index is -0.0594. The average Bonchev–Trinajstić information content (AvgIpc) is 3.19. The summed E-state index contributed by atoms with van der Waals surface area (Å²) in [7, 11) is 0. The number of rotatable bonds is 8. The van der Waals surface area contributed by atoms with Crippen molar-refractivity contribution in [3.8, 4) is 0 Å². The third-order valence-electron chi connectivity index (χ3n) is 5.73. The summed E-state index contributed by atoms with van der Waals surface area (Å²) in [6.45, 7) is 5.53. The molecule has 2 saturated heterocycles. The van der Waals surface area contributed by atoms with Crippen molar-refractivity contribution in [1.82, 2.24) is 15.1 Å². The van der Waals surface area contributed by atoms with Gasteiger partial charge in [0.25, 0.3) is 5.91 Å². The quantitative estimate of drug-likeness (QED) is 0.685. The minimum absolute atomic E-state index is 0.00893. The topological polar surface area (TPSA) is 61.9 Å². The van der Waals surface area contributed by atoms with Crippen molar-refractivity contribution in [3.63, 3.8) is 0 Å². The highest BCUT2D eigenvalue weighted by molar-refractivity contribution is 8.00. The molecule has 2 aromatic carbocycles. The van der Waals surface area contributed by atoms with Crippen molar-refractivity contribution < 1.29 is 14.3 Å². The summed E-state index contributed by atoms with van der Waals surface area (Å²) >= 11 is 1.65. The van der Waals surface area contributed by atoms with Gasteiger partial charge in [-0.05, 0) is 29.7 Å². The molecular formula is C24H29N3O3S. The molecule has 0 aliphatic carbocycles. The fourth-order valence-corrected chi connectivity index (χ4v) is 5.14. The van der Waals surface area contributed by atoms with Crippen LogP contribution in [0.2, 0.25) is 0 Å². The second-order valence-corrected chi connectivity index (χ2v) is 8.89. The van der Waals surface area contributed by atoms with Gasteiger partial charge >= 0.3 is 0 Å². The Kier molecular flexibility index (Phi) is 7.61. The molecule has 4 rings (SSSR count). The zero-order valence-electron chi connectivity index (χ0n) is 17.7. The van der Waals surface area contributed by atoms with Crippen molar-refractivity contribution in [3.05, 3.63) is 71.3 Å². The first-order chi connectivity index (χ1) is 15.2. The van der Waals surface area contributed by atoms with Crippen molar-refractivity contribution in [1.29, 1.82) is 0 Å². The van der Waals surface area contributed by atoms with Crippen molar-refractivity contribution in [2.24, 2.45) is 0 Å². The van der Waals surface area contributed by atoms with E-state index in [2.05, 4.69) is 22.3 Å². The number of carbonyl (C=O) groups excluding carboxylic acids is 2. The first-order valence-corrected chi connectivity index (χ1v) is 11.9. The lowest BCUT2D eigenvalue weighted by molar-refractivity contribution is -0.128. The van der Waals surface area contributed by atoms with Crippen LogP contribution in [-0.2, 0) is 16.0 Å². The monoisotopic (exact) mass is 439 g/mol. The fraction of sp³-hybridized carbons (Fsp3) is 0.417. The molecule has 0 unspecified atom stereocenters. The van der Waals surface area contributed by atoms with E-state index in [1.807, 2.05) is 47.4 Å². The Morgan fingerprint density at radius 3 is 2.52 bits per heavy atom. The van der Waals surface area contributed by atoms with E-state index in [1.165, 1.54) is 5.56 Å². The van der Waals surface area contributed by atoms with Crippen LogP contribution >= 0.6 is 11.8 Å². The summed E-state index contributed by atoms with van der Waals surface area (Å²) in [6, 6.07) is 17.9. The van der Waals surface area contributed by atoms with E-state index in [-0.39, 0.29) is 17.2 Å². The standard InChI is InChI=1S/C24H29N3O3S/c28-22-18-31-24(27(22)12-10-19-4-2-1-3-5-19)21-8-6-20(7-9-21)23(29)25-11-13-26-14-16-30-17-15-26/h1-9,24H,10-18H2,(H,25,29)/t24-/m0/s1. The van der Waals surface area contributed by atoms with Crippen LogP contribution in [-0.4, -0.2) is 73.3 Å². The first kappa shape index (κ1) is 21.9. The van der Waals surface area contributed by atoms with Crippen LogP contribution in [0.15, 0.2) is 54.6 Å². The van der Waals surface area contributed by atoms with Gasteiger partial charge in [0.1, 0.15) is 5.37 Å². The summed E-state index contributed by atoms with van der Waals surface area (Å²) < 4.78 is 5.35. The number of hydrogen-bond donors (Lipinski definition) is 1. The number of morpholine rings is 1. The largest absolute Gasteiger partial charge is 0.379 e. The van der Waals surface area contributed by atoms with Crippen molar-refractivity contribution >= 4 is 23.6 Å². The lowest BCUT2D eigenvalue weighted by Gasteiger charge is -2.26. The molecule has 31 heavy (non-hydrogen) atoms. The maximum atomic E-state index is 12.5. The zero-order valence-corrected chi connectivity index (χ0v) is 18.5. The molecule has 2 aliphatic heterocycles. The number of nitrogens with zero attached hydrogens (tertiary/aromatic N) is 2. The van der Waals surface area contributed by atoms with E-state index < -0.39 is 0 Å². The van der Waals surface area contributed by atoms with E-state index in [0.717, 1.165) is 44.8 Å². The summed E-state index contributed by atoms with van der Waals surface area (Å²) in [5.74, 6) is 0.621. The molecule has 2 aliphatic rings. The molecule has 1 atom stereocenters. The summed E-state index contributed by atoms with van der Waals surface area (Å²) in [6.07, 6.45) is 0.841. The molecule has 2 amide bonds. The van der Waals surface area contributed by atoms with Gasteiger partial charge in [-0.15, -0.1) is 11.8 Å². The fourth-order valence-electron chi connectivity index (χ4n) is 3.92. The highest BCUT2D eigenvalue weighted by atomic mass is 32.2. The average molecular weight is 440 g/mol. The molecule has 2 aromatic rings. The third kappa shape index (κ3) is 5.87. The lowest BCUT2D eigenvalue weighted by atomic mass is 10.1. The smallest absolute Gasteiger partial charge is 0.251 e. The molecule has 0 aromatic heterocycles. The van der Waals surface area contributed by atoms with Crippen LogP contribution in [0.4, 0.5) is 0 Å². The summed E-state index contributed by atoms with van der Waals surface area (Å²) in [5, 5.41) is 3.01. The molecule has 0 radical (unpaired) electrons. The summed E-state index contributed by atoms with van der Waals surface area (Å²) in [4.78, 5) is 29.2. The Hall–Kier alpha value is -2.35. The number of ether oxygens (including phenoxy) is 1. The molecule has 0 spiro atoms. The lowest BCUT2D eigenvalue weighted by Crippen LogP contribution is -2.41. The second-order valence-electron chi connectivity index (χ2n) is 7.82. The SMILES string of the molecule is O=C(NCCN1CCOCC1)c1ccc([C@@H]2SCC(=O)N2CCc2ccccc2)cc1. The normalized spacial score (nSPS) is 19.5. The predicted octanol–water partition coefficient (Wildman–Crippen LogP) is 2.57. The van der Waals surface area contributed by atoms with Crippen molar-refractivity contribution in [2.45, 2.75) is 11.8 Å². The van der Waals surface area contributed by atoms with Crippen molar-refractivity contribution in [2.75, 3.05) is 51.7 Å². The Balaban J connectivity index is 1.30. The van der Waals surface area contributed by atoms with E-state index in [9.17, 15) is 9.59 Å². The second kappa shape index (κ2) is 10.8. The van der Waals surface area contributed by atoms with E-state index in [4.69, 9.17) is 4.74 Å². The van der Waals surface area contributed by atoms with Crippen LogP contribution in [0.5, 0.6) is 0 Å². The predicted molar refractivity (Wildman–Crippen MR) is 123 cm³/mol. The number of amides is 2. The molecule has 0 saturated carbocycles. The number of benzene rings is 2. The minimum Gasteiger partial charge on any atom is -0.379 e. The van der Waals surface area contributed by atoms with Gasteiger partial charge in [0.05, 0.1) is 19.0 Å². The van der Waals surface area contributed by atoms with Gasteiger partial charge in [0, 0.05) is 38.3 Å². The van der Waals surface area contributed by atoms with Crippen LogP contribution < -0.4 is 5.32 Å². The molecule has 6 nitrogen and oxygen atoms in total. The van der Waals surface area contributed by atoms with E-state index >= 15 is 0 Å². The highest BCUT2D eigenvalue weighted by Crippen LogP contribution is 2.38. The van der Waals surface area contributed by atoms with E-state index in [1.54, 1.807) is 11.8 Å². The number of thioether (sulfide) groups is 1. The molecule has 0 bridgehead atoms. The highest BCUT2D eigenvalue weighted by Gasteiger charge is 2.32. The zero-order chi connectivity index (χ0) is 21.5. The molecular weight excluding hydrogens is 410 g/mol. The molecule has 164 valence electrons. The van der Waals surface area contributed by atoms with Crippen LogP contribution in [0, 0.1) is 0 Å². The number of hydrogen-bond acceptors (Lipinski definition) is 5. The van der Waals surface area contributed by atoms with E-state index in [0.29, 0.717) is 24.4 Å². The van der Waals surface area contributed by atoms with Gasteiger partial charge < -0.3 is 15.0 Å². The summed E-state index contributed by atoms with van der Waals surface area (Å²) in [5.41, 5.74) is 2.94. The Labute approximate surface area is 187 Å². The molecule has 7 heteroatoms. The Bertz CT molecular complexity index is 869.